The van der Waals surface area contributed by atoms with E-state index in [4.69, 9.17) is 4.74 Å². The van der Waals surface area contributed by atoms with Gasteiger partial charge in [0.25, 0.3) is 0 Å². The zero-order valence-corrected chi connectivity index (χ0v) is 18.0. The molecule has 4 rings (SSSR count). The molecular weight excluding hydrogens is 412 g/mol. The number of nitrogens with one attached hydrogen (secondary N) is 2. The summed E-state index contributed by atoms with van der Waals surface area (Å²) in [4.78, 5) is 37.7. The summed E-state index contributed by atoms with van der Waals surface area (Å²) in [6.45, 7) is 5.70. The molecule has 0 unspecified atom stereocenters. The van der Waals surface area contributed by atoms with Gasteiger partial charge in [0.1, 0.15) is 34.0 Å². The summed E-state index contributed by atoms with van der Waals surface area (Å²) in [7, 11) is 0. The largest absolute Gasteiger partial charge is 0.507 e. The second-order valence-electron chi connectivity index (χ2n) is 7.98. The first-order valence-electron chi connectivity index (χ1n) is 9.96. The lowest BCUT2D eigenvalue weighted by Gasteiger charge is -2.33. The monoisotopic (exact) mass is 434 g/mol. The van der Waals surface area contributed by atoms with Crippen LogP contribution in [-0.4, -0.2) is 27.6 Å². The van der Waals surface area contributed by atoms with E-state index < -0.39 is 28.5 Å². The first kappa shape index (κ1) is 21.2. The van der Waals surface area contributed by atoms with Gasteiger partial charge in [-0.3, -0.25) is 14.4 Å². The maximum atomic E-state index is 12.8. The van der Waals surface area contributed by atoms with Gasteiger partial charge in [-0.25, -0.2) is 0 Å². The van der Waals surface area contributed by atoms with E-state index >= 15 is 0 Å². The molecule has 0 radical (unpaired) electrons. The number of hydrazine groups is 1. The van der Waals surface area contributed by atoms with Crippen molar-refractivity contribution < 1.29 is 29.3 Å². The number of hydrogen-bond donors (Lipinski definition) is 4. The number of rotatable bonds is 5. The van der Waals surface area contributed by atoms with Crippen LogP contribution in [0.1, 0.15) is 42.3 Å². The van der Waals surface area contributed by atoms with Crippen LogP contribution in [0.25, 0.3) is 0 Å². The summed E-state index contributed by atoms with van der Waals surface area (Å²) in [5.74, 6) is -2.10. The molecule has 2 aromatic rings. The molecule has 8 heteroatoms. The first-order valence-corrected chi connectivity index (χ1v) is 9.96. The average Bonchev–Trinajstić information content (AvgIpc) is 3.02. The normalized spacial score (nSPS) is 19.0. The van der Waals surface area contributed by atoms with Crippen molar-refractivity contribution in [2.24, 2.45) is 0 Å². The average molecular weight is 434 g/mol. The molecule has 8 nitrogen and oxygen atoms in total. The van der Waals surface area contributed by atoms with E-state index in [0.717, 1.165) is 0 Å². The summed E-state index contributed by atoms with van der Waals surface area (Å²) in [6, 6.07) is 9.05. The van der Waals surface area contributed by atoms with Crippen molar-refractivity contribution in [2.45, 2.75) is 33.1 Å². The Balaban J connectivity index is 1.99. The van der Waals surface area contributed by atoms with Crippen LogP contribution in [0.4, 0.5) is 5.69 Å². The van der Waals surface area contributed by atoms with Gasteiger partial charge in [0.15, 0.2) is 17.3 Å². The fourth-order valence-corrected chi connectivity index (χ4v) is 4.23. The van der Waals surface area contributed by atoms with E-state index in [9.17, 15) is 24.6 Å². The fraction of sp³-hybridized carbons (Fsp3) is 0.208. The number of ether oxygens (including phenoxy) is 1. The van der Waals surface area contributed by atoms with Crippen LogP contribution < -0.4 is 15.6 Å². The van der Waals surface area contributed by atoms with Crippen LogP contribution in [0, 0.1) is 6.92 Å². The van der Waals surface area contributed by atoms with Gasteiger partial charge < -0.3 is 25.8 Å². The van der Waals surface area contributed by atoms with Crippen LogP contribution >= 0.6 is 0 Å². The highest BCUT2D eigenvalue weighted by atomic mass is 16.5. The minimum absolute atomic E-state index is 0.0385. The van der Waals surface area contributed by atoms with E-state index in [1.165, 1.54) is 26.8 Å². The van der Waals surface area contributed by atoms with Crippen LogP contribution in [0.15, 0.2) is 53.4 Å². The van der Waals surface area contributed by atoms with E-state index in [2.05, 4.69) is 10.9 Å². The Labute approximate surface area is 184 Å². The van der Waals surface area contributed by atoms with E-state index in [1.54, 1.807) is 19.1 Å². The smallest absolute Gasteiger partial charge is 0.194 e. The van der Waals surface area contributed by atoms with Crippen LogP contribution in [0.3, 0.4) is 0 Å². The van der Waals surface area contributed by atoms with Crippen molar-refractivity contribution >= 4 is 23.0 Å². The molecule has 4 N–H and O–H groups in total. The third kappa shape index (κ3) is 2.87. The van der Waals surface area contributed by atoms with Crippen LogP contribution in [-0.2, 0) is 15.0 Å². The van der Waals surface area contributed by atoms with Crippen molar-refractivity contribution in [2.75, 3.05) is 5.43 Å². The number of carbonyl (C=O) groups is 3. The molecule has 1 aliphatic heterocycles. The number of Topliss-reactive ketones (excluding diaryl/α,β-unsaturated/α-hetero) is 2. The minimum Gasteiger partial charge on any atom is -0.507 e. The van der Waals surface area contributed by atoms with Gasteiger partial charge in [0, 0.05) is 11.6 Å². The van der Waals surface area contributed by atoms with Crippen LogP contribution in [0.5, 0.6) is 17.2 Å². The molecule has 1 atom stereocenters. The van der Waals surface area contributed by atoms with Crippen molar-refractivity contribution in [3.63, 3.8) is 0 Å². The van der Waals surface area contributed by atoms with Gasteiger partial charge in [-0.1, -0.05) is 18.2 Å². The number of phenols is 2. The summed E-state index contributed by atoms with van der Waals surface area (Å²) < 4.78 is 5.89. The molecule has 0 aromatic heterocycles. The van der Waals surface area contributed by atoms with Crippen molar-refractivity contribution in [3.8, 4) is 17.2 Å². The first-order chi connectivity index (χ1) is 15.1. The minimum atomic E-state index is -1.31. The molecule has 2 aliphatic rings. The Hall–Kier alpha value is -4.07. The maximum Gasteiger partial charge on any atom is 0.194 e. The fourth-order valence-electron chi connectivity index (χ4n) is 4.23. The number of phenolic OH excluding ortho intramolecular Hbond substituents is 2. The topological polar surface area (TPSA) is 125 Å². The number of ketones is 3. The standard InChI is InChI=1S/C24H22N2O6/c1-11-20(30)18(13(3)28)22-19(21(11)31)24(4)16(32-22)10-15(29)17(12(2)27)23(24)26-25-14-8-6-5-7-9-14/h5-10,25-26,30-31H,1-4H3/t24-/m1/s1. The second-order valence-corrected chi connectivity index (χ2v) is 7.98. The van der Waals surface area contributed by atoms with E-state index in [1.807, 2.05) is 18.2 Å². The second kappa shape index (κ2) is 7.26. The number of para-hydroxylation sites is 1. The SMILES string of the molecule is CC(=O)C1=C(NNc2ccccc2)[C@]2(C)C(=CC1=O)Oc1c(C(C)=O)c(O)c(C)c(O)c12. The maximum absolute atomic E-state index is 12.8. The third-order valence-corrected chi connectivity index (χ3v) is 5.91. The van der Waals surface area contributed by atoms with Gasteiger partial charge in [-0.2, -0.15) is 0 Å². The van der Waals surface area contributed by atoms with Gasteiger partial charge in [0.05, 0.1) is 22.5 Å². The van der Waals surface area contributed by atoms with Crippen molar-refractivity contribution in [1.82, 2.24) is 5.43 Å². The molecule has 0 saturated carbocycles. The quantitative estimate of drug-likeness (QED) is 0.321. The molecule has 164 valence electrons. The Morgan fingerprint density at radius 2 is 1.66 bits per heavy atom. The van der Waals surface area contributed by atoms with Gasteiger partial charge in [-0.05, 0) is 39.8 Å². The number of aromatic hydroxyl groups is 2. The Morgan fingerprint density at radius 3 is 2.25 bits per heavy atom. The molecule has 1 heterocycles. The number of allylic oxidation sites excluding steroid dienone is 2. The lowest BCUT2D eigenvalue weighted by atomic mass is 9.71. The Morgan fingerprint density at radius 1 is 1.00 bits per heavy atom. The van der Waals surface area contributed by atoms with Crippen LogP contribution in [0.2, 0.25) is 0 Å². The molecule has 0 saturated heterocycles. The van der Waals surface area contributed by atoms with Crippen molar-refractivity contribution in [3.05, 3.63) is 70.1 Å². The third-order valence-electron chi connectivity index (χ3n) is 5.91. The lowest BCUT2D eigenvalue weighted by Crippen LogP contribution is -2.42. The van der Waals surface area contributed by atoms with E-state index in [-0.39, 0.29) is 45.2 Å². The van der Waals surface area contributed by atoms with Gasteiger partial charge in [-0.15, -0.1) is 0 Å². The van der Waals surface area contributed by atoms with Gasteiger partial charge in [0.2, 0.25) is 0 Å². The summed E-state index contributed by atoms with van der Waals surface area (Å²) in [5, 5.41) is 21.5. The zero-order valence-electron chi connectivity index (χ0n) is 18.0. The number of benzene rings is 2. The highest BCUT2D eigenvalue weighted by Gasteiger charge is 2.54. The lowest BCUT2D eigenvalue weighted by molar-refractivity contribution is -0.118. The highest BCUT2D eigenvalue weighted by Crippen LogP contribution is 2.58. The van der Waals surface area contributed by atoms with Gasteiger partial charge >= 0.3 is 0 Å². The van der Waals surface area contributed by atoms with E-state index in [0.29, 0.717) is 5.69 Å². The molecule has 0 amide bonds. The number of fused-ring (bicyclic) bond motifs is 3. The molecule has 0 fully saturated rings. The molecule has 0 spiro atoms. The summed E-state index contributed by atoms with van der Waals surface area (Å²) in [6.07, 6.45) is 1.18. The number of hydrogen-bond acceptors (Lipinski definition) is 8. The molecule has 32 heavy (non-hydrogen) atoms. The Bertz CT molecular complexity index is 1260. The van der Waals surface area contributed by atoms with Crippen molar-refractivity contribution in [1.29, 1.82) is 0 Å². The highest BCUT2D eigenvalue weighted by molar-refractivity contribution is 6.25. The summed E-state index contributed by atoms with van der Waals surface area (Å²) in [5.41, 5.74) is 5.56. The predicted molar refractivity (Wildman–Crippen MR) is 116 cm³/mol. The Kier molecular flexibility index (Phi) is 4.81. The molecule has 0 bridgehead atoms. The number of carbonyl (C=O) groups excluding carboxylic acids is 3. The number of anilines is 1. The zero-order chi connectivity index (χ0) is 23.4. The molecular formula is C24H22N2O6. The molecule has 2 aromatic carbocycles. The predicted octanol–water partition coefficient (Wildman–Crippen LogP) is 3.19. The summed E-state index contributed by atoms with van der Waals surface area (Å²) >= 11 is 0. The molecule has 1 aliphatic carbocycles.